The van der Waals surface area contributed by atoms with Crippen LogP contribution in [0.1, 0.15) is 53.9 Å². The lowest BCUT2D eigenvalue weighted by Gasteiger charge is -2.18. The van der Waals surface area contributed by atoms with E-state index in [-0.39, 0.29) is 17.6 Å². The van der Waals surface area contributed by atoms with E-state index >= 15 is 0 Å². The van der Waals surface area contributed by atoms with Crippen molar-refractivity contribution >= 4 is 29.2 Å². The lowest BCUT2D eigenvalue weighted by molar-refractivity contribution is 0.0951. The smallest absolute Gasteiger partial charge is 0.256 e. The number of nitrogens with zero attached hydrogens (tertiary/aromatic N) is 3. The number of fused-ring (bicyclic) bond motifs is 1. The van der Waals surface area contributed by atoms with Gasteiger partial charge in [-0.2, -0.15) is 4.98 Å². The molecule has 3 aromatic rings. The first-order valence-corrected chi connectivity index (χ1v) is 11.6. The number of benzene rings is 1. The molecular weight excluding hydrogens is 433 g/mol. The number of carbonyl (C=O) groups excluding carboxylic acids is 1. The summed E-state index contributed by atoms with van der Waals surface area (Å²) in [6.07, 6.45) is 4.41. The van der Waals surface area contributed by atoms with Gasteiger partial charge in [-0.05, 0) is 75.0 Å². The quantitative estimate of drug-likeness (QED) is 0.420. The fourth-order valence-electron chi connectivity index (χ4n) is 3.84. The number of pyridine rings is 1. The van der Waals surface area contributed by atoms with Gasteiger partial charge in [0.25, 0.3) is 5.91 Å². The van der Waals surface area contributed by atoms with Crippen molar-refractivity contribution in [3.63, 3.8) is 0 Å². The molecule has 3 heterocycles. The third-order valence-electron chi connectivity index (χ3n) is 5.90. The Labute approximate surface area is 197 Å². The van der Waals surface area contributed by atoms with Crippen LogP contribution in [0.4, 0.5) is 27.7 Å². The summed E-state index contributed by atoms with van der Waals surface area (Å²) in [7, 11) is 0. The zero-order valence-corrected chi connectivity index (χ0v) is 19.3. The van der Waals surface area contributed by atoms with Crippen LogP contribution in [-0.4, -0.2) is 33.4 Å². The van der Waals surface area contributed by atoms with Crippen LogP contribution in [0.25, 0.3) is 0 Å². The Bertz CT molecular complexity index is 1220. The lowest BCUT2D eigenvalue weighted by atomic mass is 10.0. The molecule has 0 radical (unpaired) electrons. The van der Waals surface area contributed by atoms with Crippen molar-refractivity contribution in [1.29, 1.82) is 0 Å². The van der Waals surface area contributed by atoms with E-state index in [2.05, 4.69) is 48.4 Å². The summed E-state index contributed by atoms with van der Waals surface area (Å²) in [4.78, 5) is 26.1. The number of nitrogens with one attached hydrogen (secondary N) is 4. The summed E-state index contributed by atoms with van der Waals surface area (Å²) in [5.74, 6) is 0.801. The van der Waals surface area contributed by atoms with Gasteiger partial charge in [-0.3, -0.25) is 4.79 Å². The number of alkyl halides is 1. The summed E-state index contributed by atoms with van der Waals surface area (Å²) in [5, 5.41) is 12.7. The summed E-state index contributed by atoms with van der Waals surface area (Å²) < 4.78 is 14.4. The van der Waals surface area contributed by atoms with E-state index in [1.54, 1.807) is 18.2 Å². The number of rotatable bonds is 7. The van der Waals surface area contributed by atoms with Gasteiger partial charge in [0.1, 0.15) is 22.9 Å². The van der Waals surface area contributed by atoms with E-state index in [1.165, 1.54) is 31.2 Å². The van der Waals surface area contributed by atoms with Crippen LogP contribution in [0.3, 0.4) is 0 Å². The molecule has 8 nitrogen and oxygen atoms in total. The molecule has 34 heavy (non-hydrogen) atoms. The van der Waals surface area contributed by atoms with E-state index in [9.17, 15) is 9.18 Å². The summed E-state index contributed by atoms with van der Waals surface area (Å²) in [5.41, 5.74) is 2.45. The number of hydrogen-bond donors (Lipinski definition) is 4. The monoisotopic (exact) mass is 461 g/mol. The Morgan fingerprint density at radius 2 is 1.97 bits per heavy atom. The first-order chi connectivity index (χ1) is 16.3. The Morgan fingerprint density at radius 3 is 2.76 bits per heavy atom. The molecule has 1 amide bonds. The molecule has 9 heteroatoms. The molecule has 4 N–H and O–H groups in total. The maximum atomic E-state index is 14.4. The maximum Gasteiger partial charge on any atom is 0.256 e. The number of halogens is 1. The van der Waals surface area contributed by atoms with Gasteiger partial charge in [-0.25, -0.2) is 14.4 Å². The number of carbonyl (C=O) groups is 1. The highest BCUT2D eigenvalue weighted by atomic mass is 19.1. The van der Waals surface area contributed by atoms with Crippen LogP contribution in [0, 0.1) is 0 Å². The standard InChI is InChI=1S/C25H28FN7O/c1-25(2,26)20-4-3-5-21(31-20)32-22-19(23(34)29-17-8-9-17)14-28-24(33-22)30-18-7-6-16-13-27-11-10-15(16)12-18/h3-7,12,14,17,27H,8-11,13H2,1-2H3,(H,29,34)(H2,28,30,31,32,33). The normalized spacial score (nSPS) is 15.4. The second-order valence-corrected chi connectivity index (χ2v) is 9.24. The molecule has 0 bridgehead atoms. The van der Waals surface area contributed by atoms with Crippen LogP contribution >= 0.6 is 0 Å². The third kappa shape index (κ3) is 5.14. The van der Waals surface area contributed by atoms with Crippen LogP contribution in [0.2, 0.25) is 0 Å². The Hall–Kier alpha value is -3.59. The largest absolute Gasteiger partial charge is 0.349 e. The predicted molar refractivity (Wildman–Crippen MR) is 129 cm³/mol. The van der Waals surface area contributed by atoms with E-state index in [4.69, 9.17) is 0 Å². The predicted octanol–water partition coefficient (Wildman–Crippen LogP) is 4.10. The van der Waals surface area contributed by atoms with Gasteiger partial charge in [-0.1, -0.05) is 12.1 Å². The minimum Gasteiger partial charge on any atom is -0.349 e. The highest BCUT2D eigenvalue weighted by Crippen LogP contribution is 2.27. The topological polar surface area (TPSA) is 104 Å². The maximum absolute atomic E-state index is 14.4. The van der Waals surface area contributed by atoms with Crippen molar-refractivity contribution < 1.29 is 9.18 Å². The molecule has 1 aromatic carbocycles. The van der Waals surface area contributed by atoms with Gasteiger partial charge in [-0.15, -0.1) is 0 Å². The van der Waals surface area contributed by atoms with E-state index in [0.29, 0.717) is 23.1 Å². The average Bonchev–Trinajstić information content (AvgIpc) is 3.63. The number of amides is 1. The third-order valence-corrected chi connectivity index (χ3v) is 5.90. The fourth-order valence-corrected chi connectivity index (χ4v) is 3.84. The Balaban J connectivity index is 1.44. The van der Waals surface area contributed by atoms with Crippen molar-refractivity contribution in [2.24, 2.45) is 0 Å². The first-order valence-electron chi connectivity index (χ1n) is 11.6. The molecule has 0 saturated heterocycles. The van der Waals surface area contributed by atoms with Crippen LogP contribution in [-0.2, 0) is 18.6 Å². The van der Waals surface area contributed by atoms with Crippen LogP contribution < -0.4 is 21.3 Å². The summed E-state index contributed by atoms with van der Waals surface area (Å²) in [6.45, 7) is 4.73. The molecular formula is C25H28FN7O. The minimum absolute atomic E-state index is 0.192. The number of hydrogen-bond acceptors (Lipinski definition) is 7. The van der Waals surface area contributed by atoms with Gasteiger partial charge < -0.3 is 21.3 Å². The average molecular weight is 462 g/mol. The second kappa shape index (κ2) is 8.98. The van der Waals surface area contributed by atoms with Crippen LogP contribution in [0.15, 0.2) is 42.6 Å². The SMILES string of the molecule is CC(C)(F)c1cccc(Nc2nc(Nc3ccc4c(c3)CCNC4)ncc2C(=O)NC2CC2)n1. The molecule has 2 aliphatic rings. The summed E-state index contributed by atoms with van der Waals surface area (Å²) >= 11 is 0. The molecule has 1 aliphatic heterocycles. The first kappa shape index (κ1) is 22.2. The molecule has 2 aromatic heterocycles. The van der Waals surface area contributed by atoms with Crippen molar-refractivity contribution in [2.75, 3.05) is 17.2 Å². The molecule has 1 saturated carbocycles. The van der Waals surface area contributed by atoms with E-state index in [1.807, 2.05) is 6.07 Å². The molecule has 0 unspecified atom stereocenters. The lowest BCUT2D eigenvalue weighted by Crippen LogP contribution is -2.27. The molecule has 5 rings (SSSR count). The van der Waals surface area contributed by atoms with E-state index < -0.39 is 5.67 Å². The van der Waals surface area contributed by atoms with Crippen molar-refractivity contribution in [2.45, 2.75) is 51.4 Å². The zero-order chi connectivity index (χ0) is 23.7. The Kier molecular flexibility index (Phi) is 5.87. The molecule has 1 fully saturated rings. The van der Waals surface area contributed by atoms with Crippen molar-refractivity contribution in [1.82, 2.24) is 25.6 Å². The van der Waals surface area contributed by atoms with Gasteiger partial charge in [0.15, 0.2) is 0 Å². The highest BCUT2D eigenvalue weighted by molar-refractivity contribution is 5.99. The van der Waals surface area contributed by atoms with Crippen molar-refractivity contribution in [3.8, 4) is 0 Å². The number of anilines is 4. The molecule has 176 valence electrons. The van der Waals surface area contributed by atoms with Gasteiger partial charge >= 0.3 is 0 Å². The minimum atomic E-state index is -1.59. The molecule has 1 aliphatic carbocycles. The van der Waals surface area contributed by atoms with E-state index in [0.717, 1.165) is 38.0 Å². The fraction of sp³-hybridized carbons (Fsp3) is 0.360. The molecule has 0 atom stereocenters. The van der Waals surface area contributed by atoms with Crippen molar-refractivity contribution in [3.05, 3.63) is 65.0 Å². The second-order valence-electron chi connectivity index (χ2n) is 9.24. The Morgan fingerprint density at radius 1 is 1.12 bits per heavy atom. The van der Waals surface area contributed by atoms with Gasteiger partial charge in [0.2, 0.25) is 5.95 Å². The van der Waals surface area contributed by atoms with Gasteiger partial charge in [0.05, 0.1) is 5.69 Å². The number of aromatic nitrogens is 3. The summed E-state index contributed by atoms with van der Waals surface area (Å²) in [6, 6.07) is 11.4. The van der Waals surface area contributed by atoms with Crippen LogP contribution in [0.5, 0.6) is 0 Å². The molecule has 0 spiro atoms. The highest BCUT2D eigenvalue weighted by Gasteiger charge is 2.26. The zero-order valence-electron chi connectivity index (χ0n) is 19.3. The van der Waals surface area contributed by atoms with Gasteiger partial charge in [0, 0.05) is 24.5 Å².